The Kier molecular flexibility index (Phi) is 4.84. The Hall–Kier alpha value is -1.26. The van der Waals surface area contributed by atoms with E-state index in [1.165, 1.54) is 0 Å². The van der Waals surface area contributed by atoms with Gasteiger partial charge in [-0.05, 0) is 12.5 Å². The summed E-state index contributed by atoms with van der Waals surface area (Å²) in [7, 11) is 1.74. The number of fused-ring (bicyclic) bond motifs is 1. The smallest absolute Gasteiger partial charge is 0.231 e. The second-order valence-electron chi connectivity index (χ2n) is 4.47. The summed E-state index contributed by atoms with van der Waals surface area (Å²) < 4.78 is 16.1. The Morgan fingerprint density at radius 2 is 2.28 bits per heavy atom. The van der Waals surface area contributed by atoms with Crippen LogP contribution < -0.4 is 14.8 Å². The number of rotatable bonds is 7. The van der Waals surface area contributed by atoms with Gasteiger partial charge in [-0.1, -0.05) is 25.5 Å². The van der Waals surface area contributed by atoms with Crippen LogP contribution in [0.5, 0.6) is 11.5 Å². The third kappa shape index (κ3) is 3.15. The second-order valence-corrected chi connectivity index (χ2v) is 4.47. The molecule has 4 nitrogen and oxygen atoms in total. The maximum absolute atomic E-state index is 5.49. The molecule has 0 aromatic heterocycles. The quantitative estimate of drug-likeness (QED) is 0.807. The molecule has 0 spiro atoms. The van der Waals surface area contributed by atoms with E-state index in [1.807, 2.05) is 12.1 Å². The lowest BCUT2D eigenvalue weighted by molar-refractivity contribution is 0.160. The van der Waals surface area contributed by atoms with E-state index in [1.54, 1.807) is 7.11 Å². The lowest BCUT2D eigenvalue weighted by Gasteiger charge is -2.17. The minimum Gasteiger partial charge on any atom is -0.454 e. The zero-order valence-electron chi connectivity index (χ0n) is 11.1. The number of hydrogen-bond donors (Lipinski definition) is 1. The molecule has 1 aromatic carbocycles. The summed E-state index contributed by atoms with van der Waals surface area (Å²) in [5, 5.41) is 3.51. The fourth-order valence-corrected chi connectivity index (χ4v) is 2.18. The second kappa shape index (κ2) is 6.61. The summed E-state index contributed by atoms with van der Waals surface area (Å²) in [6.07, 6.45) is 2.26. The van der Waals surface area contributed by atoms with Gasteiger partial charge in [-0.25, -0.2) is 0 Å². The molecule has 1 aliphatic heterocycles. The maximum atomic E-state index is 5.49. The molecule has 0 fully saturated rings. The fourth-order valence-electron chi connectivity index (χ4n) is 2.18. The molecule has 1 aliphatic rings. The Bertz CT molecular complexity index is 375. The molecule has 0 saturated heterocycles. The largest absolute Gasteiger partial charge is 0.454 e. The first-order valence-corrected chi connectivity index (χ1v) is 6.45. The van der Waals surface area contributed by atoms with Crippen molar-refractivity contribution in [3.05, 3.63) is 23.8 Å². The van der Waals surface area contributed by atoms with Crippen molar-refractivity contribution in [2.45, 2.75) is 32.4 Å². The number of benzene rings is 1. The summed E-state index contributed by atoms with van der Waals surface area (Å²) >= 11 is 0. The van der Waals surface area contributed by atoms with Gasteiger partial charge in [0.15, 0.2) is 11.5 Å². The minimum absolute atomic E-state index is 0.322. The Morgan fingerprint density at radius 3 is 3.06 bits per heavy atom. The van der Waals surface area contributed by atoms with Crippen LogP contribution in [0.1, 0.15) is 25.3 Å². The van der Waals surface area contributed by atoms with Crippen molar-refractivity contribution in [1.29, 1.82) is 0 Å². The minimum atomic E-state index is 0.322. The molecule has 100 valence electrons. The summed E-state index contributed by atoms with van der Waals surface area (Å²) in [4.78, 5) is 0. The predicted octanol–water partition coefficient (Wildman–Crippen LogP) is 2.32. The Balaban J connectivity index is 1.95. The zero-order valence-corrected chi connectivity index (χ0v) is 11.1. The van der Waals surface area contributed by atoms with Crippen LogP contribution in [0.15, 0.2) is 18.2 Å². The van der Waals surface area contributed by atoms with Gasteiger partial charge in [0.25, 0.3) is 0 Å². The van der Waals surface area contributed by atoms with Crippen LogP contribution in [-0.2, 0) is 11.3 Å². The van der Waals surface area contributed by atoms with Gasteiger partial charge in [-0.2, -0.15) is 0 Å². The molecular weight excluding hydrogens is 230 g/mol. The molecule has 0 bridgehead atoms. The summed E-state index contributed by atoms with van der Waals surface area (Å²) in [6, 6.07) is 6.38. The predicted molar refractivity (Wildman–Crippen MR) is 70.0 cm³/mol. The van der Waals surface area contributed by atoms with Crippen LogP contribution in [0.3, 0.4) is 0 Å². The average Bonchev–Trinajstić information content (AvgIpc) is 2.85. The first-order valence-electron chi connectivity index (χ1n) is 6.45. The SMILES string of the molecule is CCCC(COC)NCc1cccc2c1OCO2. The fraction of sp³-hybridized carbons (Fsp3) is 0.571. The lowest BCUT2D eigenvalue weighted by Crippen LogP contribution is -2.32. The topological polar surface area (TPSA) is 39.7 Å². The van der Waals surface area contributed by atoms with Gasteiger partial charge < -0.3 is 19.5 Å². The van der Waals surface area contributed by atoms with Crippen LogP contribution >= 0.6 is 0 Å². The van der Waals surface area contributed by atoms with Crippen LogP contribution in [0.4, 0.5) is 0 Å². The molecule has 2 rings (SSSR count). The van der Waals surface area contributed by atoms with Crippen molar-refractivity contribution < 1.29 is 14.2 Å². The Morgan fingerprint density at radius 1 is 1.39 bits per heavy atom. The molecule has 4 heteroatoms. The van der Waals surface area contributed by atoms with E-state index in [4.69, 9.17) is 14.2 Å². The van der Waals surface area contributed by atoms with Gasteiger partial charge in [-0.15, -0.1) is 0 Å². The maximum Gasteiger partial charge on any atom is 0.231 e. The summed E-state index contributed by atoms with van der Waals surface area (Å²) in [6.45, 7) is 4.02. The molecule has 1 aromatic rings. The van der Waals surface area contributed by atoms with E-state index in [2.05, 4.69) is 18.3 Å². The van der Waals surface area contributed by atoms with Crippen LogP contribution in [-0.4, -0.2) is 26.6 Å². The lowest BCUT2D eigenvalue weighted by atomic mass is 10.1. The molecule has 0 saturated carbocycles. The van der Waals surface area contributed by atoms with Crippen molar-refractivity contribution >= 4 is 0 Å². The number of ether oxygens (including phenoxy) is 3. The Labute approximate surface area is 108 Å². The first kappa shape index (κ1) is 13.2. The van der Waals surface area contributed by atoms with Crippen LogP contribution in [0.2, 0.25) is 0 Å². The van der Waals surface area contributed by atoms with Crippen molar-refractivity contribution in [2.24, 2.45) is 0 Å². The number of nitrogens with one attached hydrogen (secondary N) is 1. The highest BCUT2D eigenvalue weighted by molar-refractivity contribution is 5.48. The third-order valence-corrected chi connectivity index (χ3v) is 3.06. The van der Waals surface area contributed by atoms with Crippen LogP contribution in [0, 0.1) is 0 Å². The van der Waals surface area contributed by atoms with Gasteiger partial charge in [-0.3, -0.25) is 0 Å². The summed E-state index contributed by atoms with van der Waals surface area (Å²) in [5.41, 5.74) is 1.14. The molecular formula is C14H21NO3. The number of para-hydroxylation sites is 1. The molecule has 1 heterocycles. The van der Waals surface area contributed by atoms with Crippen molar-refractivity contribution in [3.63, 3.8) is 0 Å². The van der Waals surface area contributed by atoms with Gasteiger partial charge in [0.2, 0.25) is 6.79 Å². The summed E-state index contributed by atoms with van der Waals surface area (Å²) in [5.74, 6) is 1.71. The molecule has 0 amide bonds. The monoisotopic (exact) mass is 251 g/mol. The highest BCUT2D eigenvalue weighted by atomic mass is 16.7. The number of hydrogen-bond acceptors (Lipinski definition) is 4. The van der Waals surface area contributed by atoms with E-state index >= 15 is 0 Å². The standard InChI is InChI=1S/C14H21NO3/c1-3-5-12(9-16-2)15-8-11-6-4-7-13-14(11)18-10-17-13/h4,6-7,12,15H,3,5,8-10H2,1-2H3. The van der Waals surface area contributed by atoms with Crippen molar-refractivity contribution in [1.82, 2.24) is 5.32 Å². The molecule has 1 N–H and O–H groups in total. The molecule has 0 radical (unpaired) electrons. The zero-order chi connectivity index (χ0) is 12.8. The highest BCUT2D eigenvalue weighted by Gasteiger charge is 2.17. The van der Waals surface area contributed by atoms with Crippen molar-refractivity contribution in [3.8, 4) is 11.5 Å². The third-order valence-electron chi connectivity index (χ3n) is 3.06. The molecule has 18 heavy (non-hydrogen) atoms. The average molecular weight is 251 g/mol. The first-order chi connectivity index (χ1) is 8.85. The highest BCUT2D eigenvalue weighted by Crippen LogP contribution is 2.35. The van der Waals surface area contributed by atoms with E-state index in [9.17, 15) is 0 Å². The molecule has 1 unspecified atom stereocenters. The van der Waals surface area contributed by atoms with E-state index in [0.29, 0.717) is 12.8 Å². The van der Waals surface area contributed by atoms with E-state index in [-0.39, 0.29) is 0 Å². The molecule has 0 aliphatic carbocycles. The van der Waals surface area contributed by atoms with Gasteiger partial charge in [0.05, 0.1) is 6.61 Å². The normalized spacial score (nSPS) is 14.8. The van der Waals surface area contributed by atoms with E-state index < -0.39 is 0 Å². The van der Waals surface area contributed by atoms with Gasteiger partial charge >= 0.3 is 0 Å². The van der Waals surface area contributed by atoms with Gasteiger partial charge in [0, 0.05) is 25.3 Å². The van der Waals surface area contributed by atoms with Crippen LogP contribution in [0.25, 0.3) is 0 Å². The number of methoxy groups -OCH3 is 1. The van der Waals surface area contributed by atoms with E-state index in [0.717, 1.165) is 43.1 Å². The van der Waals surface area contributed by atoms with Gasteiger partial charge in [0.1, 0.15) is 0 Å². The van der Waals surface area contributed by atoms with Crippen molar-refractivity contribution in [2.75, 3.05) is 20.5 Å². The molecule has 1 atom stereocenters.